The quantitative estimate of drug-likeness (QED) is 0.715. The van der Waals surface area contributed by atoms with Gasteiger partial charge in [0.2, 0.25) is 0 Å². The summed E-state index contributed by atoms with van der Waals surface area (Å²) < 4.78 is 4.15. The van der Waals surface area contributed by atoms with Crippen molar-refractivity contribution in [1.82, 2.24) is 19.1 Å². The topological polar surface area (TPSA) is 35.6 Å². The average molecular weight is 190 g/mol. The number of aromatic nitrogens is 4. The Morgan fingerprint density at radius 2 is 2.07 bits per heavy atom. The molecule has 2 aromatic heterocycles. The summed E-state index contributed by atoms with van der Waals surface area (Å²) in [4.78, 5) is 8.34. The van der Waals surface area contributed by atoms with Crippen molar-refractivity contribution in [3.8, 4) is 0 Å². The van der Waals surface area contributed by atoms with Crippen LogP contribution in [0.4, 0.5) is 0 Å². The van der Waals surface area contributed by atoms with Gasteiger partial charge in [-0.25, -0.2) is 9.97 Å². The second-order valence-corrected chi connectivity index (χ2v) is 3.54. The Labute approximate surface area is 83.2 Å². The molecular weight excluding hydrogens is 176 g/mol. The normalized spacial score (nSPS) is 10.8. The van der Waals surface area contributed by atoms with Crippen LogP contribution < -0.4 is 0 Å². The van der Waals surface area contributed by atoms with Gasteiger partial charge in [-0.1, -0.05) is 0 Å². The van der Waals surface area contributed by atoms with Gasteiger partial charge in [0.05, 0.1) is 30.6 Å². The van der Waals surface area contributed by atoms with Gasteiger partial charge in [-0.15, -0.1) is 0 Å². The Morgan fingerprint density at radius 1 is 1.29 bits per heavy atom. The maximum absolute atomic E-state index is 4.26. The molecule has 0 N–H and O–H groups in total. The van der Waals surface area contributed by atoms with Crippen LogP contribution in [0.3, 0.4) is 0 Å². The molecule has 0 saturated carbocycles. The van der Waals surface area contributed by atoms with E-state index in [0.29, 0.717) is 0 Å². The molecule has 0 fully saturated rings. The smallest absolute Gasteiger partial charge is 0.0955 e. The zero-order valence-electron chi connectivity index (χ0n) is 8.73. The third kappa shape index (κ3) is 1.43. The molecule has 0 atom stereocenters. The summed E-state index contributed by atoms with van der Waals surface area (Å²) in [5, 5.41) is 0. The third-order valence-corrected chi connectivity index (χ3v) is 2.59. The second-order valence-electron chi connectivity index (χ2n) is 3.54. The number of nitrogens with zero attached hydrogens (tertiary/aromatic N) is 4. The van der Waals surface area contributed by atoms with Crippen molar-refractivity contribution in [2.75, 3.05) is 0 Å². The highest BCUT2D eigenvalue weighted by Gasteiger charge is 2.04. The molecule has 4 heteroatoms. The van der Waals surface area contributed by atoms with Crippen LogP contribution >= 0.6 is 0 Å². The molecule has 0 aromatic carbocycles. The van der Waals surface area contributed by atoms with Crippen molar-refractivity contribution in [2.24, 2.45) is 7.05 Å². The van der Waals surface area contributed by atoms with Gasteiger partial charge in [0.1, 0.15) is 0 Å². The predicted molar refractivity (Wildman–Crippen MR) is 54.0 cm³/mol. The zero-order valence-corrected chi connectivity index (χ0v) is 8.73. The fourth-order valence-electron chi connectivity index (χ4n) is 1.42. The summed E-state index contributed by atoms with van der Waals surface area (Å²) in [5.74, 6) is 0. The van der Waals surface area contributed by atoms with Gasteiger partial charge < -0.3 is 9.13 Å². The molecule has 0 unspecified atom stereocenters. The molecule has 0 radical (unpaired) electrons. The Balaban J connectivity index is 2.27. The lowest BCUT2D eigenvalue weighted by atomic mass is 10.3. The molecule has 2 rings (SSSR count). The summed E-state index contributed by atoms with van der Waals surface area (Å²) in [5.41, 5.74) is 3.49. The van der Waals surface area contributed by atoms with Gasteiger partial charge >= 0.3 is 0 Å². The molecule has 0 aliphatic rings. The van der Waals surface area contributed by atoms with Crippen molar-refractivity contribution in [3.05, 3.63) is 35.9 Å². The maximum atomic E-state index is 4.26. The SMILES string of the molecule is Cc1ncn(Cc2cncn2C)c1C. The third-order valence-electron chi connectivity index (χ3n) is 2.59. The van der Waals surface area contributed by atoms with E-state index in [0.717, 1.165) is 12.2 Å². The van der Waals surface area contributed by atoms with Crippen LogP contribution in [0, 0.1) is 13.8 Å². The van der Waals surface area contributed by atoms with Crippen molar-refractivity contribution >= 4 is 0 Å². The van der Waals surface area contributed by atoms with Crippen LogP contribution in [-0.2, 0) is 13.6 Å². The lowest BCUT2D eigenvalue weighted by molar-refractivity contribution is 0.706. The number of hydrogen-bond donors (Lipinski definition) is 0. The van der Waals surface area contributed by atoms with Crippen LogP contribution in [0.5, 0.6) is 0 Å². The fraction of sp³-hybridized carbons (Fsp3) is 0.400. The minimum Gasteiger partial charge on any atom is -0.336 e. The number of aryl methyl sites for hydroxylation is 2. The number of imidazole rings is 2. The van der Waals surface area contributed by atoms with Crippen LogP contribution in [0.15, 0.2) is 18.9 Å². The van der Waals surface area contributed by atoms with Gasteiger partial charge in [-0.3, -0.25) is 0 Å². The van der Waals surface area contributed by atoms with E-state index in [2.05, 4.69) is 21.5 Å². The van der Waals surface area contributed by atoms with E-state index in [9.17, 15) is 0 Å². The highest BCUT2D eigenvalue weighted by atomic mass is 15.1. The molecule has 0 saturated heterocycles. The number of hydrogen-bond acceptors (Lipinski definition) is 2. The van der Waals surface area contributed by atoms with Gasteiger partial charge in [-0.05, 0) is 13.8 Å². The molecule has 2 aromatic rings. The van der Waals surface area contributed by atoms with E-state index >= 15 is 0 Å². The van der Waals surface area contributed by atoms with Crippen LogP contribution in [0.2, 0.25) is 0 Å². The Hall–Kier alpha value is -1.58. The molecule has 2 heterocycles. The second kappa shape index (κ2) is 3.29. The summed E-state index contributed by atoms with van der Waals surface area (Å²) >= 11 is 0. The largest absolute Gasteiger partial charge is 0.336 e. The summed E-state index contributed by atoms with van der Waals surface area (Å²) in [6.45, 7) is 4.94. The summed E-state index contributed by atoms with van der Waals surface area (Å²) in [7, 11) is 2.00. The summed E-state index contributed by atoms with van der Waals surface area (Å²) in [6, 6.07) is 0. The molecule has 0 aliphatic carbocycles. The van der Waals surface area contributed by atoms with E-state index in [1.54, 1.807) is 0 Å². The van der Waals surface area contributed by atoms with E-state index in [1.165, 1.54) is 11.4 Å². The van der Waals surface area contributed by atoms with Crippen molar-refractivity contribution in [2.45, 2.75) is 20.4 Å². The van der Waals surface area contributed by atoms with E-state index in [-0.39, 0.29) is 0 Å². The highest BCUT2D eigenvalue weighted by molar-refractivity contribution is 5.11. The summed E-state index contributed by atoms with van der Waals surface area (Å²) in [6.07, 6.45) is 5.57. The van der Waals surface area contributed by atoms with Gasteiger partial charge in [-0.2, -0.15) is 0 Å². The van der Waals surface area contributed by atoms with Crippen molar-refractivity contribution < 1.29 is 0 Å². The monoisotopic (exact) mass is 190 g/mol. The predicted octanol–water partition coefficient (Wildman–Crippen LogP) is 1.28. The Morgan fingerprint density at radius 3 is 2.57 bits per heavy atom. The van der Waals surface area contributed by atoms with Gasteiger partial charge in [0, 0.05) is 18.9 Å². The highest BCUT2D eigenvalue weighted by Crippen LogP contribution is 2.07. The lowest BCUT2D eigenvalue weighted by Crippen LogP contribution is -2.04. The van der Waals surface area contributed by atoms with Crippen molar-refractivity contribution in [1.29, 1.82) is 0 Å². The maximum Gasteiger partial charge on any atom is 0.0955 e. The fourth-order valence-corrected chi connectivity index (χ4v) is 1.42. The zero-order chi connectivity index (χ0) is 10.1. The van der Waals surface area contributed by atoms with E-state index < -0.39 is 0 Å². The molecule has 0 spiro atoms. The minimum absolute atomic E-state index is 0.836. The molecule has 74 valence electrons. The first-order valence-corrected chi connectivity index (χ1v) is 4.62. The van der Waals surface area contributed by atoms with E-state index in [4.69, 9.17) is 0 Å². The first-order chi connectivity index (χ1) is 6.68. The Kier molecular flexibility index (Phi) is 2.11. The molecule has 0 aliphatic heterocycles. The first kappa shape index (κ1) is 8.99. The number of rotatable bonds is 2. The van der Waals surface area contributed by atoms with Crippen LogP contribution in [0.1, 0.15) is 17.1 Å². The van der Waals surface area contributed by atoms with Gasteiger partial charge in [0.15, 0.2) is 0 Å². The molecule has 0 bridgehead atoms. The molecule has 4 nitrogen and oxygen atoms in total. The standard InChI is InChI=1S/C10H14N4/c1-8-9(2)14(7-12-8)5-10-4-11-6-13(10)3/h4,6-7H,5H2,1-3H3. The molecular formula is C10H14N4. The van der Waals surface area contributed by atoms with Crippen LogP contribution in [0.25, 0.3) is 0 Å². The van der Waals surface area contributed by atoms with Crippen molar-refractivity contribution in [3.63, 3.8) is 0 Å². The van der Waals surface area contributed by atoms with Gasteiger partial charge in [0.25, 0.3) is 0 Å². The molecule has 14 heavy (non-hydrogen) atoms. The molecule has 0 amide bonds. The lowest BCUT2D eigenvalue weighted by Gasteiger charge is -2.05. The van der Waals surface area contributed by atoms with E-state index in [1.807, 2.05) is 37.4 Å². The van der Waals surface area contributed by atoms with Crippen LogP contribution in [-0.4, -0.2) is 19.1 Å². The minimum atomic E-state index is 0.836. The average Bonchev–Trinajstić information content (AvgIpc) is 2.68. The Bertz CT molecular complexity index is 439. The first-order valence-electron chi connectivity index (χ1n) is 4.62.